The van der Waals surface area contributed by atoms with Gasteiger partial charge in [0.15, 0.2) is 0 Å². The van der Waals surface area contributed by atoms with Crippen molar-refractivity contribution < 1.29 is 4.74 Å². The van der Waals surface area contributed by atoms with Crippen LogP contribution in [0.3, 0.4) is 0 Å². The second kappa shape index (κ2) is 5.86. The molecule has 0 bridgehead atoms. The minimum absolute atomic E-state index is 0.233. The number of fused-ring (bicyclic) bond motifs is 1. The predicted octanol–water partition coefficient (Wildman–Crippen LogP) is 3.92. The summed E-state index contributed by atoms with van der Waals surface area (Å²) in [5, 5.41) is 3.95. The van der Waals surface area contributed by atoms with Gasteiger partial charge in [-0.2, -0.15) is 0 Å². The lowest BCUT2D eigenvalue weighted by Gasteiger charge is -2.28. The molecular formula is C17H18ClNO. The van der Waals surface area contributed by atoms with E-state index in [-0.39, 0.29) is 6.10 Å². The number of rotatable bonds is 3. The number of halogens is 1. The molecule has 104 valence electrons. The lowest BCUT2D eigenvalue weighted by molar-refractivity contribution is 0.174. The zero-order valence-corrected chi connectivity index (χ0v) is 12.3. The summed E-state index contributed by atoms with van der Waals surface area (Å²) in [5.41, 5.74) is 3.40. The van der Waals surface area contributed by atoms with Gasteiger partial charge in [-0.25, -0.2) is 0 Å². The molecule has 1 N–H and O–H groups in total. The summed E-state index contributed by atoms with van der Waals surface area (Å²) in [6.07, 6.45) is 2.34. The highest BCUT2D eigenvalue weighted by atomic mass is 35.5. The average molecular weight is 288 g/mol. The van der Waals surface area contributed by atoms with Crippen molar-refractivity contribution in [2.45, 2.75) is 18.9 Å². The number of ether oxygens (including phenoxy) is 1. The first-order valence-corrected chi connectivity index (χ1v) is 7.35. The van der Waals surface area contributed by atoms with Crippen LogP contribution >= 0.6 is 11.6 Å². The second-order valence-corrected chi connectivity index (χ2v) is 5.52. The zero-order valence-electron chi connectivity index (χ0n) is 11.5. The first kappa shape index (κ1) is 13.5. The molecule has 0 radical (unpaired) electrons. The normalized spacial score (nSPS) is 17.4. The molecule has 20 heavy (non-hydrogen) atoms. The summed E-state index contributed by atoms with van der Waals surface area (Å²) in [6.45, 7) is 0.871. The van der Waals surface area contributed by atoms with Gasteiger partial charge >= 0.3 is 0 Å². The van der Waals surface area contributed by atoms with E-state index in [4.69, 9.17) is 16.3 Å². The highest BCUT2D eigenvalue weighted by Crippen LogP contribution is 2.40. The van der Waals surface area contributed by atoms with Crippen LogP contribution < -0.4 is 10.1 Å². The largest absolute Gasteiger partial charge is 0.488 e. The van der Waals surface area contributed by atoms with E-state index in [1.165, 1.54) is 5.56 Å². The molecule has 0 unspecified atom stereocenters. The molecule has 1 aliphatic heterocycles. The molecule has 1 atom stereocenters. The van der Waals surface area contributed by atoms with Gasteiger partial charge in [0.1, 0.15) is 11.9 Å². The lowest BCUT2D eigenvalue weighted by Crippen LogP contribution is -2.32. The van der Waals surface area contributed by atoms with Crippen LogP contribution in [0.4, 0.5) is 0 Å². The summed E-state index contributed by atoms with van der Waals surface area (Å²) in [6, 6.07) is 14.2. The lowest BCUT2D eigenvalue weighted by atomic mass is 9.95. The molecule has 2 aromatic carbocycles. The van der Waals surface area contributed by atoms with E-state index in [2.05, 4.69) is 23.5 Å². The van der Waals surface area contributed by atoms with E-state index < -0.39 is 0 Å². The van der Waals surface area contributed by atoms with E-state index in [0.717, 1.165) is 41.3 Å². The second-order valence-electron chi connectivity index (χ2n) is 5.11. The number of nitrogens with one attached hydrogen (secondary N) is 1. The van der Waals surface area contributed by atoms with Crippen LogP contribution in [-0.4, -0.2) is 19.7 Å². The molecule has 0 saturated heterocycles. The Hall–Kier alpha value is -1.51. The third-order valence-corrected chi connectivity index (χ3v) is 4.04. The van der Waals surface area contributed by atoms with Crippen LogP contribution in [0, 0.1) is 0 Å². The van der Waals surface area contributed by atoms with E-state index in [1.54, 1.807) is 0 Å². The fraction of sp³-hybridized carbons (Fsp3) is 0.294. The molecule has 3 heteroatoms. The number of aryl methyl sites for hydroxylation is 1. The van der Waals surface area contributed by atoms with Crippen LogP contribution in [-0.2, 0) is 6.42 Å². The van der Waals surface area contributed by atoms with Gasteiger partial charge in [0.05, 0.1) is 0 Å². The smallest absolute Gasteiger partial charge is 0.130 e. The van der Waals surface area contributed by atoms with Gasteiger partial charge in [-0.1, -0.05) is 48.0 Å². The van der Waals surface area contributed by atoms with Gasteiger partial charge < -0.3 is 10.1 Å². The SMILES string of the molecule is CNC[C@H]1CCc2cccc(-c3ccccc3Cl)c2O1. The molecular weight excluding hydrogens is 270 g/mol. The van der Waals surface area contributed by atoms with Crippen LogP contribution in [0.1, 0.15) is 12.0 Å². The summed E-state index contributed by atoms with van der Waals surface area (Å²) in [5.74, 6) is 0.993. The van der Waals surface area contributed by atoms with E-state index in [1.807, 2.05) is 31.3 Å². The molecule has 0 spiro atoms. The minimum atomic E-state index is 0.233. The number of hydrogen-bond donors (Lipinski definition) is 1. The molecule has 0 aliphatic carbocycles. The van der Waals surface area contributed by atoms with Crippen LogP contribution in [0.15, 0.2) is 42.5 Å². The van der Waals surface area contributed by atoms with Crippen molar-refractivity contribution in [2.75, 3.05) is 13.6 Å². The van der Waals surface area contributed by atoms with Gasteiger partial charge in [0.2, 0.25) is 0 Å². The summed E-state index contributed by atoms with van der Waals surface area (Å²) in [4.78, 5) is 0. The molecule has 1 heterocycles. The van der Waals surface area contributed by atoms with Gasteiger partial charge in [-0.15, -0.1) is 0 Å². The summed E-state index contributed by atoms with van der Waals surface area (Å²) >= 11 is 6.33. The van der Waals surface area contributed by atoms with Crippen molar-refractivity contribution in [1.29, 1.82) is 0 Å². The van der Waals surface area contributed by atoms with Crippen molar-refractivity contribution >= 4 is 11.6 Å². The fourth-order valence-corrected chi connectivity index (χ4v) is 2.96. The first-order valence-electron chi connectivity index (χ1n) is 6.97. The maximum absolute atomic E-state index is 6.33. The van der Waals surface area contributed by atoms with Gasteiger partial charge in [-0.3, -0.25) is 0 Å². The molecule has 2 nitrogen and oxygen atoms in total. The van der Waals surface area contributed by atoms with Crippen molar-refractivity contribution in [3.05, 3.63) is 53.1 Å². The van der Waals surface area contributed by atoms with Gasteiger partial charge in [-0.05, 0) is 31.5 Å². The maximum Gasteiger partial charge on any atom is 0.130 e. The Morgan fingerprint density at radius 3 is 2.75 bits per heavy atom. The molecule has 0 amide bonds. The molecule has 2 aromatic rings. The maximum atomic E-state index is 6.33. The Morgan fingerprint density at radius 2 is 1.95 bits per heavy atom. The molecule has 0 aromatic heterocycles. The highest BCUT2D eigenvalue weighted by Gasteiger charge is 2.22. The Balaban J connectivity index is 2.04. The average Bonchev–Trinajstić information content (AvgIpc) is 2.48. The van der Waals surface area contributed by atoms with E-state index in [9.17, 15) is 0 Å². The third kappa shape index (κ3) is 2.54. The standard InChI is InChI=1S/C17H18ClNO/c1-19-11-13-10-9-12-5-4-7-15(17(12)20-13)14-6-2-3-8-16(14)18/h2-8,13,19H,9-11H2,1H3/t13-/m1/s1. The van der Waals surface area contributed by atoms with Crippen molar-refractivity contribution in [3.8, 4) is 16.9 Å². The highest BCUT2D eigenvalue weighted by molar-refractivity contribution is 6.33. The molecule has 1 aliphatic rings. The quantitative estimate of drug-likeness (QED) is 0.924. The Labute approximate surface area is 124 Å². The number of hydrogen-bond acceptors (Lipinski definition) is 2. The van der Waals surface area contributed by atoms with Crippen LogP contribution in [0.5, 0.6) is 5.75 Å². The fourth-order valence-electron chi connectivity index (χ4n) is 2.73. The van der Waals surface area contributed by atoms with Crippen LogP contribution in [0.2, 0.25) is 5.02 Å². The third-order valence-electron chi connectivity index (χ3n) is 3.71. The number of likely N-dealkylation sites (N-methyl/N-ethyl adjacent to an activating group) is 1. The predicted molar refractivity (Wildman–Crippen MR) is 83.6 cm³/mol. The number of benzene rings is 2. The Bertz CT molecular complexity index is 612. The topological polar surface area (TPSA) is 21.3 Å². The Kier molecular flexibility index (Phi) is 3.95. The summed E-state index contributed by atoms with van der Waals surface area (Å²) < 4.78 is 6.19. The zero-order chi connectivity index (χ0) is 13.9. The van der Waals surface area contributed by atoms with Crippen molar-refractivity contribution in [1.82, 2.24) is 5.32 Å². The van der Waals surface area contributed by atoms with Crippen molar-refractivity contribution in [3.63, 3.8) is 0 Å². The minimum Gasteiger partial charge on any atom is -0.488 e. The summed E-state index contributed by atoms with van der Waals surface area (Å²) in [7, 11) is 1.96. The molecule has 3 rings (SSSR count). The van der Waals surface area contributed by atoms with Crippen LogP contribution in [0.25, 0.3) is 11.1 Å². The van der Waals surface area contributed by atoms with Crippen molar-refractivity contribution in [2.24, 2.45) is 0 Å². The number of para-hydroxylation sites is 1. The van der Waals surface area contributed by atoms with Gasteiger partial charge in [0, 0.05) is 22.7 Å². The monoisotopic (exact) mass is 287 g/mol. The molecule has 0 fully saturated rings. The van der Waals surface area contributed by atoms with E-state index >= 15 is 0 Å². The van der Waals surface area contributed by atoms with Gasteiger partial charge in [0.25, 0.3) is 0 Å². The first-order chi connectivity index (χ1) is 9.79. The van der Waals surface area contributed by atoms with E-state index in [0.29, 0.717) is 0 Å². The Morgan fingerprint density at radius 1 is 1.15 bits per heavy atom. The molecule has 0 saturated carbocycles.